The van der Waals surface area contributed by atoms with Crippen molar-refractivity contribution in [1.29, 1.82) is 0 Å². The second-order valence-corrected chi connectivity index (χ2v) is 6.84. The van der Waals surface area contributed by atoms with Crippen LogP contribution in [-0.4, -0.2) is 25.1 Å². The smallest absolute Gasteiger partial charge is 0.238 e. The van der Waals surface area contributed by atoms with Gasteiger partial charge in [0.25, 0.3) is 0 Å². The van der Waals surface area contributed by atoms with Gasteiger partial charge in [-0.1, -0.05) is 12.1 Å². The topological polar surface area (TPSA) is 106 Å². The molecule has 2 aromatic carbocycles. The van der Waals surface area contributed by atoms with Crippen LogP contribution in [0.4, 0.5) is 4.39 Å². The molecule has 6 nitrogen and oxygen atoms in total. The highest BCUT2D eigenvalue weighted by molar-refractivity contribution is 7.89. The predicted molar refractivity (Wildman–Crippen MR) is 89.5 cm³/mol. The first-order valence-corrected chi connectivity index (χ1v) is 8.93. The van der Waals surface area contributed by atoms with Crippen LogP contribution in [0.2, 0.25) is 0 Å². The van der Waals surface area contributed by atoms with Gasteiger partial charge in [-0.2, -0.15) is 0 Å². The van der Waals surface area contributed by atoms with E-state index in [1.807, 2.05) is 0 Å². The average Bonchev–Trinajstić information content (AvgIpc) is 2.99. The number of halogens is 1. The number of hydrogen-bond acceptors (Lipinski definition) is 5. The first-order valence-electron chi connectivity index (χ1n) is 7.39. The normalized spacial score (nSPS) is 11.6. The van der Waals surface area contributed by atoms with E-state index in [1.165, 1.54) is 30.3 Å². The summed E-state index contributed by atoms with van der Waals surface area (Å²) in [5.41, 5.74) is 1.15. The molecule has 8 heteroatoms. The molecular weight excluding hydrogens is 347 g/mol. The van der Waals surface area contributed by atoms with E-state index in [1.54, 1.807) is 18.2 Å². The van der Waals surface area contributed by atoms with Crippen LogP contribution in [-0.2, 0) is 16.4 Å². The summed E-state index contributed by atoms with van der Waals surface area (Å²) in [5, 5.41) is 14.4. The van der Waals surface area contributed by atoms with Gasteiger partial charge in [-0.05, 0) is 36.4 Å². The number of aliphatic hydroxyl groups is 1. The summed E-state index contributed by atoms with van der Waals surface area (Å²) in [6.45, 7) is -0.181. The van der Waals surface area contributed by atoms with Gasteiger partial charge >= 0.3 is 0 Å². The molecule has 130 valence electrons. The second kappa shape index (κ2) is 6.75. The number of nitrogens with two attached hydrogens (primary N) is 1. The molecule has 0 saturated heterocycles. The largest absolute Gasteiger partial charge is 0.440 e. The predicted octanol–water partition coefficient (Wildman–Crippen LogP) is 2.33. The van der Waals surface area contributed by atoms with Crippen LogP contribution < -0.4 is 5.14 Å². The van der Waals surface area contributed by atoms with Gasteiger partial charge in [0.2, 0.25) is 10.0 Å². The summed E-state index contributed by atoms with van der Waals surface area (Å²) in [6.07, 6.45) is 0.158. The van der Waals surface area contributed by atoms with Crippen molar-refractivity contribution in [2.75, 3.05) is 6.61 Å². The van der Waals surface area contributed by atoms with Gasteiger partial charge in [-0.3, -0.25) is 0 Å². The fourth-order valence-corrected chi connectivity index (χ4v) is 3.19. The molecule has 1 heterocycles. The van der Waals surface area contributed by atoms with Crippen LogP contribution in [0.25, 0.3) is 22.6 Å². The number of sulfonamides is 1. The maximum Gasteiger partial charge on any atom is 0.238 e. The number of benzene rings is 2. The van der Waals surface area contributed by atoms with Crippen LogP contribution in [0.5, 0.6) is 0 Å². The quantitative estimate of drug-likeness (QED) is 0.724. The molecule has 0 fully saturated rings. The molecule has 0 spiro atoms. The van der Waals surface area contributed by atoms with E-state index in [9.17, 15) is 12.8 Å². The van der Waals surface area contributed by atoms with E-state index < -0.39 is 15.8 Å². The van der Waals surface area contributed by atoms with E-state index in [0.717, 1.165) is 0 Å². The Labute approximate surface area is 143 Å². The average molecular weight is 362 g/mol. The number of hydrogen-bond donors (Lipinski definition) is 2. The van der Waals surface area contributed by atoms with Crippen molar-refractivity contribution in [1.82, 2.24) is 4.98 Å². The molecule has 0 aliphatic carbocycles. The summed E-state index contributed by atoms with van der Waals surface area (Å²) in [5.74, 6) is 0.0232. The number of primary sulfonamides is 1. The van der Waals surface area contributed by atoms with Gasteiger partial charge in [-0.25, -0.2) is 22.9 Å². The molecule has 3 aromatic rings. The zero-order valence-corrected chi connectivity index (χ0v) is 13.8. The zero-order chi connectivity index (χ0) is 18.0. The maximum atomic E-state index is 13.2. The number of rotatable bonds is 5. The molecule has 1 aromatic heterocycles. The lowest BCUT2D eigenvalue weighted by molar-refractivity contribution is 0.285. The van der Waals surface area contributed by atoms with Gasteiger partial charge in [0.15, 0.2) is 11.7 Å². The molecule has 0 aliphatic rings. The molecule has 3 rings (SSSR count). The summed E-state index contributed by atoms with van der Waals surface area (Å²) < 4.78 is 42.6. The van der Waals surface area contributed by atoms with E-state index >= 15 is 0 Å². The van der Waals surface area contributed by atoms with Crippen molar-refractivity contribution in [2.45, 2.75) is 11.3 Å². The summed E-state index contributed by atoms with van der Waals surface area (Å²) in [7, 11) is -3.99. The highest BCUT2D eigenvalue weighted by Gasteiger charge is 2.23. The molecule has 25 heavy (non-hydrogen) atoms. The number of aromatic nitrogens is 1. The Kier molecular flexibility index (Phi) is 4.67. The van der Waals surface area contributed by atoms with Crippen LogP contribution in [0, 0.1) is 5.82 Å². The third-order valence-corrected chi connectivity index (χ3v) is 4.52. The summed E-state index contributed by atoms with van der Waals surface area (Å²) in [4.78, 5) is 4.21. The SMILES string of the molecule is NS(=O)(=O)c1ccccc1-c1oc(CCO)nc1-c1ccc(F)cc1. The molecular formula is C17H15FN2O4S. The van der Waals surface area contributed by atoms with Gasteiger partial charge in [-0.15, -0.1) is 0 Å². The van der Waals surface area contributed by atoms with Crippen molar-refractivity contribution >= 4 is 10.0 Å². The lowest BCUT2D eigenvalue weighted by Gasteiger charge is -2.07. The maximum absolute atomic E-state index is 13.2. The van der Waals surface area contributed by atoms with Gasteiger partial charge in [0.1, 0.15) is 11.5 Å². The molecule has 0 atom stereocenters. The van der Waals surface area contributed by atoms with E-state index in [2.05, 4.69) is 4.98 Å². The molecule has 0 radical (unpaired) electrons. The van der Waals surface area contributed by atoms with Crippen LogP contribution >= 0.6 is 0 Å². The van der Waals surface area contributed by atoms with Gasteiger partial charge < -0.3 is 9.52 Å². The van der Waals surface area contributed by atoms with Crippen LogP contribution in [0.3, 0.4) is 0 Å². The Morgan fingerprint density at radius 1 is 1.12 bits per heavy atom. The minimum absolute atomic E-state index is 0.106. The molecule has 0 amide bonds. The third-order valence-electron chi connectivity index (χ3n) is 3.55. The Balaban J connectivity index is 2.24. The van der Waals surface area contributed by atoms with E-state index in [-0.39, 0.29) is 35.1 Å². The first-order chi connectivity index (χ1) is 11.9. The molecule has 0 unspecified atom stereocenters. The van der Waals surface area contributed by atoms with E-state index in [0.29, 0.717) is 11.3 Å². The van der Waals surface area contributed by atoms with Crippen molar-refractivity contribution < 1.29 is 22.3 Å². The fraction of sp³-hybridized carbons (Fsp3) is 0.118. The van der Waals surface area contributed by atoms with Crippen LogP contribution in [0.1, 0.15) is 5.89 Å². The molecule has 0 aliphatic heterocycles. The third kappa shape index (κ3) is 3.60. The summed E-state index contributed by atoms with van der Waals surface area (Å²) in [6, 6.07) is 11.7. The Hall–Kier alpha value is -2.55. The minimum atomic E-state index is -3.99. The summed E-state index contributed by atoms with van der Waals surface area (Å²) >= 11 is 0. The standard InChI is InChI=1S/C17H15FN2O4S/c18-12-7-5-11(6-8-12)16-17(24-15(20-16)9-10-21)13-3-1-2-4-14(13)25(19,22)23/h1-8,21H,9-10H2,(H2,19,22,23). The second-order valence-electron chi connectivity index (χ2n) is 5.31. The van der Waals surface area contributed by atoms with Gasteiger partial charge in [0.05, 0.1) is 11.5 Å². The van der Waals surface area contributed by atoms with Crippen molar-refractivity contribution in [3.8, 4) is 22.6 Å². The Morgan fingerprint density at radius 3 is 2.44 bits per heavy atom. The van der Waals surface area contributed by atoms with Gasteiger partial charge in [0, 0.05) is 17.5 Å². The monoisotopic (exact) mass is 362 g/mol. The Bertz CT molecular complexity index is 998. The fourth-order valence-electron chi connectivity index (χ4n) is 2.46. The van der Waals surface area contributed by atoms with Crippen molar-refractivity contribution in [3.63, 3.8) is 0 Å². The zero-order valence-electron chi connectivity index (χ0n) is 13.0. The Morgan fingerprint density at radius 2 is 1.80 bits per heavy atom. The lowest BCUT2D eigenvalue weighted by Crippen LogP contribution is -2.13. The van der Waals surface area contributed by atoms with Crippen molar-refractivity contribution in [2.24, 2.45) is 5.14 Å². The molecule has 0 saturated carbocycles. The first kappa shape index (κ1) is 17.3. The van der Waals surface area contributed by atoms with E-state index in [4.69, 9.17) is 14.7 Å². The number of aliphatic hydroxyl groups excluding tert-OH is 1. The molecule has 3 N–H and O–H groups in total. The number of nitrogens with zero attached hydrogens (tertiary/aromatic N) is 1. The number of oxazole rings is 1. The highest BCUT2D eigenvalue weighted by atomic mass is 32.2. The van der Waals surface area contributed by atoms with Crippen LogP contribution in [0.15, 0.2) is 57.8 Å². The highest BCUT2D eigenvalue weighted by Crippen LogP contribution is 2.36. The van der Waals surface area contributed by atoms with Crippen molar-refractivity contribution in [3.05, 3.63) is 60.2 Å². The molecule has 0 bridgehead atoms. The minimum Gasteiger partial charge on any atom is -0.440 e. The lowest BCUT2D eigenvalue weighted by atomic mass is 10.1.